The maximum Gasteiger partial charge on any atom is 0.495 e. The molecule has 0 aliphatic rings. The molecule has 21 nitrogen and oxygen atoms in total. The van der Waals surface area contributed by atoms with Crippen molar-refractivity contribution in [2.75, 3.05) is 72.7 Å². The highest BCUT2D eigenvalue weighted by Crippen LogP contribution is 2.45. The lowest BCUT2D eigenvalue weighted by Gasteiger charge is -2.31. The number of halogens is 16. The van der Waals surface area contributed by atoms with E-state index in [1.165, 1.54) is 0 Å². The average molecular weight is 1780 g/mol. The molecular formula is C84H134F16O21. The number of unbranched alkanes of at least 4 members (excludes halogenated alkanes) is 12. The summed E-state index contributed by atoms with van der Waals surface area (Å²) in [5, 5.41) is 0. The second-order valence-electron chi connectivity index (χ2n) is 27.6. The van der Waals surface area contributed by atoms with Crippen molar-refractivity contribution in [2.24, 2.45) is 11.8 Å². The van der Waals surface area contributed by atoms with Crippen molar-refractivity contribution in [2.45, 2.75) is 306 Å². The maximum absolute atomic E-state index is 14.5. The predicted molar refractivity (Wildman–Crippen MR) is 424 cm³/mol. The van der Waals surface area contributed by atoms with Gasteiger partial charge in [-0.05, 0) is 150 Å². The molecule has 1 atom stereocenters. The number of alkyl halides is 16. The van der Waals surface area contributed by atoms with Crippen LogP contribution in [0.15, 0.2) is 98.2 Å². The zero-order valence-electron chi connectivity index (χ0n) is 67.9. The Bertz CT molecular complexity index is 2980. The number of carbonyl (C=O) groups is 8. The second kappa shape index (κ2) is 67.8. The van der Waals surface area contributed by atoms with Gasteiger partial charge in [0.2, 0.25) is 5.92 Å². The second-order valence-corrected chi connectivity index (χ2v) is 27.6. The van der Waals surface area contributed by atoms with Crippen molar-refractivity contribution >= 4 is 47.8 Å². The zero-order chi connectivity index (χ0) is 90.1. The van der Waals surface area contributed by atoms with E-state index in [2.05, 4.69) is 81.1 Å². The number of hydrogen-bond acceptors (Lipinski definition) is 21. The molecule has 121 heavy (non-hydrogen) atoms. The minimum Gasteiger partial charge on any atom is -0.463 e. The molecule has 1 unspecified atom stereocenters. The van der Waals surface area contributed by atoms with Crippen LogP contribution in [-0.4, -0.2) is 169 Å². The van der Waals surface area contributed by atoms with E-state index in [1.807, 2.05) is 0 Å². The molecule has 708 valence electrons. The first-order valence-corrected chi connectivity index (χ1v) is 38.1. The van der Waals surface area contributed by atoms with E-state index in [1.54, 1.807) is 27.7 Å². The van der Waals surface area contributed by atoms with Crippen LogP contribution in [0.4, 0.5) is 70.2 Å². The van der Waals surface area contributed by atoms with E-state index in [9.17, 15) is 109 Å². The van der Waals surface area contributed by atoms with Crippen molar-refractivity contribution in [1.29, 1.82) is 0 Å². The van der Waals surface area contributed by atoms with Gasteiger partial charge in [0.05, 0.1) is 46.2 Å². The third-order valence-corrected chi connectivity index (χ3v) is 16.0. The fourth-order valence-electron chi connectivity index (χ4n) is 9.59. The highest BCUT2D eigenvalue weighted by Gasteiger charge is 2.69. The van der Waals surface area contributed by atoms with E-state index < -0.39 is 135 Å². The van der Waals surface area contributed by atoms with Gasteiger partial charge in [-0.3, -0.25) is 0 Å². The molecule has 0 aliphatic carbocycles. The number of ether oxygens (including phenoxy) is 13. The van der Waals surface area contributed by atoms with Gasteiger partial charge < -0.3 is 47.4 Å². The van der Waals surface area contributed by atoms with Crippen LogP contribution < -0.4 is 0 Å². The SMILES string of the molecule is C.C.C.C.C=C(C)C(=O)OCC(F)(F)OC(F)(F)OC(F)(F)C(F)(F)OC(F)(F)COC(=O)C(=C)C.C=C(C)C(=O)OCCCCC(CCCCOCC(F)(F)CCCCCCCC(CCCCOC(=O)C(=C)C)CCOC(=O)C(=C)C)CCCCOC(=O)C(=C)C.C=CC(=O)OCCCCCC(F)(F)CCOC(F)(F)CCCCCOC(=O)C=C. The fraction of sp³-hybridized carbons (Fsp3) is 0.714. The van der Waals surface area contributed by atoms with E-state index in [0.717, 1.165) is 135 Å². The zero-order valence-corrected chi connectivity index (χ0v) is 67.9. The molecule has 0 amide bonds. The molecule has 0 bridgehead atoms. The normalized spacial score (nSPS) is 11.9. The van der Waals surface area contributed by atoms with Gasteiger partial charge in [-0.1, -0.05) is 147 Å². The quantitative estimate of drug-likeness (QED) is 0.0137. The summed E-state index contributed by atoms with van der Waals surface area (Å²) in [4.78, 5) is 90.0. The smallest absolute Gasteiger partial charge is 0.463 e. The van der Waals surface area contributed by atoms with Crippen molar-refractivity contribution in [1.82, 2.24) is 0 Å². The Labute approximate surface area is 704 Å². The van der Waals surface area contributed by atoms with Gasteiger partial charge in [-0.25, -0.2) is 70.1 Å². The van der Waals surface area contributed by atoms with Crippen LogP contribution >= 0.6 is 0 Å². The molecule has 0 fully saturated rings. The van der Waals surface area contributed by atoms with Crippen molar-refractivity contribution in [3.63, 3.8) is 0 Å². The van der Waals surface area contributed by atoms with Gasteiger partial charge in [-0.2, -0.15) is 43.9 Å². The highest BCUT2D eigenvalue weighted by molar-refractivity contribution is 5.89. The van der Waals surface area contributed by atoms with Crippen LogP contribution in [0.25, 0.3) is 0 Å². The summed E-state index contributed by atoms with van der Waals surface area (Å²) < 4.78 is 271. The standard InChI is InChI=1S/C45H74F2O9.C20H30F4O5.C15H14F10O7.4CH4/c1-35(2)41(48)53-30-19-14-24-39(25-15-20-31-54-42(49)36(3)4)23-13-18-29-52-34-45(46,47)28-17-11-9-10-12-22-40(27-33-56-44(51)38(7)8)26-16-21-32-55-43(50)37(5)6;1-3-17(25)27-14-9-5-7-11-19(21,22)13-16-29-20(23,24)12-8-6-10-15-28-18(26)4-2;1-7(2)9(26)28-5-11(16,17)30-13(20,21)14(22,23)32-15(24,25)31-12(18,19)6-29-10(27)8(3)4;;;;/h39-40H,1,3,5,7,9-34H2,2,4,6,8H3;3-4H,1-2,5-16H2;1,3,5-6H2,2,4H3;4*1H4. The van der Waals surface area contributed by atoms with Crippen LogP contribution in [0, 0.1) is 11.8 Å². The molecule has 0 saturated heterocycles. The van der Waals surface area contributed by atoms with E-state index in [-0.39, 0.29) is 80.1 Å². The summed E-state index contributed by atoms with van der Waals surface area (Å²) >= 11 is 0. The van der Waals surface area contributed by atoms with Gasteiger partial charge in [0.15, 0.2) is 13.2 Å². The van der Waals surface area contributed by atoms with Crippen molar-refractivity contribution in [3.8, 4) is 0 Å². The monoisotopic (exact) mass is 1780 g/mol. The molecule has 0 aromatic heterocycles. The van der Waals surface area contributed by atoms with Crippen molar-refractivity contribution in [3.05, 3.63) is 98.2 Å². The third-order valence-electron chi connectivity index (χ3n) is 16.0. The van der Waals surface area contributed by atoms with Gasteiger partial charge in [0.25, 0.3) is 5.92 Å². The van der Waals surface area contributed by atoms with Gasteiger partial charge in [0, 0.05) is 77.9 Å². The Morgan fingerprint density at radius 2 is 0.562 bits per heavy atom. The predicted octanol–water partition coefficient (Wildman–Crippen LogP) is 23.1. The van der Waals surface area contributed by atoms with Crippen LogP contribution in [0.2, 0.25) is 0 Å². The minimum absolute atomic E-state index is 0. The molecular weight excluding hydrogens is 1650 g/mol. The first-order valence-electron chi connectivity index (χ1n) is 38.1. The van der Waals surface area contributed by atoms with E-state index in [0.29, 0.717) is 106 Å². The number of hydrogen-bond donors (Lipinski definition) is 0. The molecule has 0 spiro atoms. The van der Waals surface area contributed by atoms with Crippen LogP contribution in [0.3, 0.4) is 0 Å². The molecule has 0 saturated carbocycles. The Morgan fingerprint density at radius 3 is 0.942 bits per heavy atom. The Kier molecular flexibility index (Phi) is 70.9. The molecule has 0 aromatic rings. The summed E-state index contributed by atoms with van der Waals surface area (Å²) in [7, 11) is 0. The molecule has 0 heterocycles. The molecule has 0 N–H and O–H groups in total. The lowest BCUT2D eigenvalue weighted by Crippen LogP contribution is -2.54. The highest BCUT2D eigenvalue weighted by atomic mass is 19.3. The van der Waals surface area contributed by atoms with Crippen LogP contribution in [-0.2, 0) is 99.9 Å². The van der Waals surface area contributed by atoms with Crippen LogP contribution in [0.1, 0.15) is 257 Å². The number of esters is 8. The lowest BCUT2D eigenvalue weighted by molar-refractivity contribution is -0.566. The van der Waals surface area contributed by atoms with E-state index in [4.69, 9.17) is 33.2 Å². The molecule has 0 aliphatic heterocycles. The Morgan fingerprint density at radius 1 is 0.281 bits per heavy atom. The van der Waals surface area contributed by atoms with Gasteiger partial charge in [-0.15, -0.1) is 8.78 Å². The molecule has 0 aromatic carbocycles. The summed E-state index contributed by atoms with van der Waals surface area (Å²) in [5.74, 6) is -10.9. The Hall–Kier alpha value is -7.64. The topological polar surface area (TPSA) is 257 Å². The van der Waals surface area contributed by atoms with Crippen LogP contribution in [0.5, 0.6) is 0 Å². The Balaban J connectivity index is -0.000000342. The summed E-state index contributed by atoms with van der Waals surface area (Å²) in [5.41, 5.74) is 0.521. The third kappa shape index (κ3) is 71.5. The fourth-order valence-corrected chi connectivity index (χ4v) is 9.59. The van der Waals surface area contributed by atoms with Gasteiger partial charge >= 0.3 is 84.6 Å². The van der Waals surface area contributed by atoms with Gasteiger partial charge in [0.1, 0.15) is 6.61 Å². The average Bonchev–Trinajstić information content (AvgIpc) is 0.783. The summed E-state index contributed by atoms with van der Waals surface area (Å²) in [6.45, 7) is 31.0. The first-order chi connectivity index (χ1) is 54.2. The number of rotatable bonds is 68. The largest absolute Gasteiger partial charge is 0.495 e. The molecule has 0 rings (SSSR count). The maximum atomic E-state index is 14.5. The lowest BCUT2D eigenvalue weighted by atomic mass is 9.91. The van der Waals surface area contributed by atoms with Crippen molar-refractivity contribution < 1.29 is 170 Å². The molecule has 37 heteroatoms. The summed E-state index contributed by atoms with van der Waals surface area (Å²) in [6, 6.07) is 0. The first kappa shape index (κ1) is 127. The minimum atomic E-state index is -6.71. The summed E-state index contributed by atoms with van der Waals surface area (Å²) in [6.07, 6.45) is -15.6. The van der Waals surface area contributed by atoms with E-state index >= 15 is 0 Å². The molecule has 0 radical (unpaired) electrons. The number of carbonyl (C=O) groups excluding carboxylic acids is 8.